The molecule has 0 aromatic heterocycles. The van der Waals surface area contributed by atoms with Crippen LogP contribution in [-0.4, -0.2) is 0 Å². The van der Waals surface area contributed by atoms with Crippen molar-refractivity contribution < 1.29 is 8.78 Å². The molecule has 0 amide bonds. The average Bonchev–Trinajstić information content (AvgIpc) is 2.29. The molecule has 84 valence electrons. The number of nitrogens with zero attached hydrogens (tertiary/aromatic N) is 1. The molecular formula is C12H10ClF2N. The van der Waals surface area contributed by atoms with Crippen LogP contribution >= 0.6 is 11.6 Å². The number of hydrogen-bond donors (Lipinski definition) is 0. The van der Waals surface area contributed by atoms with Gasteiger partial charge in [0.25, 0.3) is 0 Å². The zero-order valence-electron chi connectivity index (χ0n) is 8.73. The highest BCUT2D eigenvalue weighted by Gasteiger charge is 2.13. The van der Waals surface area contributed by atoms with Gasteiger partial charge >= 0.3 is 0 Å². The third-order valence-electron chi connectivity index (χ3n) is 2.09. The Morgan fingerprint density at radius 2 is 2.12 bits per heavy atom. The van der Waals surface area contributed by atoms with Gasteiger partial charge in [0.1, 0.15) is 0 Å². The van der Waals surface area contributed by atoms with E-state index >= 15 is 0 Å². The lowest BCUT2D eigenvalue weighted by molar-refractivity contribution is 0.506. The van der Waals surface area contributed by atoms with Crippen LogP contribution in [0, 0.1) is 23.0 Å². The fourth-order valence-corrected chi connectivity index (χ4v) is 1.58. The Balaban J connectivity index is 3.28. The Kier molecular flexibility index (Phi) is 4.45. The number of allylic oxidation sites excluding steroid dienone is 1. The summed E-state index contributed by atoms with van der Waals surface area (Å²) in [6, 6.07) is 5.63. The van der Waals surface area contributed by atoms with Gasteiger partial charge < -0.3 is 0 Å². The Morgan fingerprint density at radius 3 is 2.69 bits per heavy atom. The Hall–Kier alpha value is -1.40. The highest BCUT2D eigenvalue weighted by Crippen LogP contribution is 2.28. The highest BCUT2D eigenvalue weighted by molar-refractivity contribution is 6.49. The van der Waals surface area contributed by atoms with Gasteiger partial charge in [0.15, 0.2) is 11.6 Å². The summed E-state index contributed by atoms with van der Waals surface area (Å²) in [5.74, 6) is -1.99. The lowest BCUT2D eigenvalue weighted by Gasteiger charge is -2.04. The summed E-state index contributed by atoms with van der Waals surface area (Å²) in [6.07, 6.45) is 1.17. The number of nitriles is 1. The lowest BCUT2D eigenvalue weighted by atomic mass is 10.1. The van der Waals surface area contributed by atoms with Gasteiger partial charge in [-0.1, -0.05) is 37.1 Å². The van der Waals surface area contributed by atoms with E-state index in [2.05, 4.69) is 0 Å². The zero-order chi connectivity index (χ0) is 12.1. The first-order chi connectivity index (χ1) is 7.61. The van der Waals surface area contributed by atoms with E-state index in [1.807, 2.05) is 13.0 Å². The fourth-order valence-electron chi connectivity index (χ4n) is 1.30. The van der Waals surface area contributed by atoms with Crippen LogP contribution in [-0.2, 0) is 0 Å². The second-order valence-corrected chi connectivity index (χ2v) is 3.63. The number of rotatable bonds is 3. The fraction of sp³-hybridized carbons (Fsp3) is 0.250. The van der Waals surface area contributed by atoms with Crippen molar-refractivity contribution in [3.05, 3.63) is 41.0 Å². The first-order valence-corrected chi connectivity index (χ1v) is 5.22. The quantitative estimate of drug-likeness (QED) is 0.726. The Labute approximate surface area is 98.0 Å². The monoisotopic (exact) mass is 241 g/mol. The van der Waals surface area contributed by atoms with E-state index in [1.165, 1.54) is 12.1 Å². The maximum Gasteiger partial charge on any atom is 0.167 e. The summed E-state index contributed by atoms with van der Waals surface area (Å²) in [5, 5.41) is 8.83. The Morgan fingerprint density at radius 1 is 1.44 bits per heavy atom. The van der Waals surface area contributed by atoms with Crippen LogP contribution in [0.4, 0.5) is 8.78 Å². The summed E-state index contributed by atoms with van der Waals surface area (Å²) >= 11 is 5.88. The first kappa shape index (κ1) is 12.7. The second-order valence-electron chi connectivity index (χ2n) is 3.26. The smallest absolute Gasteiger partial charge is 0.167 e. The van der Waals surface area contributed by atoms with Gasteiger partial charge in [0.05, 0.1) is 11.1 Å². The van der Waals surface area contributed by atoms with Crippen molar-refractivity contribution in [3.8, 4) is 6.07 Å². The molecule has 0 bridgehead atoms. The minimum absolute atomic E-state index is 0.0126. The molecule has 0 radical (unpaired) electrons. The molecule has 1 rings (SSSR count). The summed E-state index contributed by atoms with van der Waals surface area (Å²) in [5.41, 5.74) is 0.209. The van der Waals surface area contributed by atoms with Crippen molar-refractivity contribution in [2.24, 2.45) is 0 Å². The minimum Gasteiger partial charge on any atom is -0.204 e. The molecule has 0 atom stereocenters. The van der Waals surface area contributed by atoms with Crippen LogP contribution in [0.5, 0.6) is 0 Å². The van der Waals surface area contributed by atoms with E-state index in [-0.39, 0.29) is 16.2 Å². The molecule has 0 aliphatic rings. The molecule has 16 heavy (non-hydrogen) atoms. The van der Waals surface area contributed by atoms with Crippen LogP contribution in [0.3, 0.4) is 0 Å². The normalized spacial score (nSPS) is 11.9. The van der Waals surface area contributed by atoms with E-state index in [0.29, 0.717) is 6.42 Å². The lowest BCUT2D eigenvalue weighted by Crippen LogP contribution is -1.93. The van der Waals surface area contributed by atoms with Gasteiger partial charge in [0, 0.05) is 11.1 Å². The summed E-state index contributed by atoms with van der Waals surface area (Å²) in [6.45, 7) is 1.88. The Bertz CT molecular complexity index is 461. The van der Waals surface area contributed by atoms with Gasteiger partial charge in [-0.05, 0) is 12.5 Å². The maximum absolute atomic E-state index is 13.4. The summed E-state index contributed by atoms with van der Waals surface area (Å²) < 4.78 is 26.3. The van der Waals surface area contributed by atoms with E-state index in [1.54, 1.807) is 0 Å². The molecular weight excluding hydrogens is 232 g/mol. The second kappa shape index (κ2) is 5.62. The SMILES string of the molecule is CCCC(C#N)=C(Cl)c1cccc(F)c1F. The van der Waals surface area contributed by atoms with E-state index in [0.717, 1.165) is 12.5 Å². The molecule has 0 fully saturated rings. The summed E-state index contributed by atoms with van der Waals surface area (Å²) in [7, 11) is 0. The van der Waals surface area contributed by atoms with Crippen molar-refractivity contribution in [3.63, 3.8) is 0 Å². The van der Waals surface area contributed by atoms with E-state index < -0.39 is 11.6 Å². The topological polar surface area (TPSA) is 23.8 Å². The first-order valence-electron chi connectivity index (χ1n) is 4.85. The maximum atomic E-state index is 13.4. The minimum atomic E-state index is -1.02. The predicted molar refractivity (Wildman–Crippen MR) is 59.7 cm³/mol. The van der Waals surface area contributed by atoms with Crippen molar-refractivity contribution >= 4 is 16.6 Å². The molecule has 0 heterocycles. The van der Waals surface area contributed by atoms with Gasteiger partial charge in [-0.2, -0.15) is 5.26 Å². The number of hydrogen-bond acceptors (Lipinski definition) is 1. The van der Waals surface area contributed by atoms with Crippen molar-refractivity contribution in [1.82, 2.24) is 0 Å². The molecule has 0 N–H and O–H groups in total. The van der Waals surface area contributed by atoms with Crippen LogP contribution in [0.1, 0.15) is 25.3 Å². The highest BCUT2D eigenvalue weighted by atomic mass is 35.5. The largest absolute Gasteiger partial charge is 0.204 e. The van der Waals surface area contributed by atoms with Crippen LogP contribution in [0.25, 0.3) is 5.03 Å². The molecule has 0 aliphatic carbocycles. The molecule has 1 aromatic carbocycles. The summed E-state index contributed by atoms with van der Waals surface area (Å²) in [4.78, 5) is 0. The molecule has 0 saturated heterocycles. The number of benzene rings is 1. The third kappa shape index (κ3) is 2.59. The van der Waals surface area contributed by atoms with Gasteiger partial charge in [0.2, 0.25) is 0 Å². The van der Waals surface area contributed by atoms with E-state index in [9.17, 15) is 8.78 Å². The van der Waals surface area contributed by atoms with Crippen molar-refractivity contribution in [2.45, 2.75) is 19.8 Å². The van der Waals surface area contributed by atoms with Gasteiger partial charge in [-0.15, -0.1) is 0 Å². The molecule has 0 unspecified atom stereocenters. The van der Waals surface area contributed by atoms with Crippen LogP contribution in [0.15, 0.2) is 23.8 Å². The van der Waals surface area contributed by atoms with Gasteiger partial charge in [-0.3, -0.25) is 0 Å². The van der Waals surface area contributed by atoms with Crippen molar-refractivity contribution in [1.29, 1.82) is 5.26 Å². The molecule has 1 aromatic rings. The molecule has 0 aliphatic heterocycles. The molecule has 0 saturated carbocycles. The standard InChI is InChI=1S/C12H10ClF2N/c1-2-4-8(7-16)11(13)9-5-3-6-10(14)12(9)15/h3,5-6H,2,4H2,1H3. The zero-order valence-corrected chi connectivity index (χ0v) is 9.48. The van der Waals surface area contributed by atoms with E-state index in [4.69, 9.17) is 16.9 Å². The van der Waals surface area contributed by atoms with Crippen LogP contribution in [0.2, 0.25) is 0 Å². The van der Waals surface area contributed by atoms with Crippen LogP contribution < -0.4 is 0 Å². The molecule has 1 nitrogen and oxygen atoms in total. The number of halogens is 3. The molecule has 0 spiro atoms. The third-order valence-corrected chi connectivity index (χ3v) is 2.52. The van der Waals surface area contributed by atoms with Crippen molar-refractivity contribution in [2.75, 3.05) is 0 Å². The molecule has 4 heteroatoms. The predicted octanol–water partition coefficient (Wildman–Crippen LogP) is 4.24. The average molecular weight is 242 g/mol. The van der Waals surface area contributed by atoms with Gasteiger partial charge in [-0.25, -0.2) is 8.78 Å².